The molecular weight excluding hydrogens is 172 g/mol. The number of hydrogen-bond donors (Lipinski definition) is 0. The summed E-state index contributed by atoms with van der Waals surface area (Å²) in [6, 6.07) is 0. The second kappa shape index (κ2) is 8.02. The van der Waals surface area contributed by atoms with E-state index in [9.17, 15) is 4.79 Å². The average Bonchev–Trinajstić information content (AvgIpc) is 2.16. The Bertz CT molecular complexity index is 151. The Morgan fingerprint density at radius 2 is 1.86 bits per heavy atom. The van der Waals surface area contributed by atoms with Crippen LogP contribution in [-0.2, 0) is 4.79 Å². The van der Waals surface area contributed by atoms with Gasteiger partial charge in [0.1, 0.15) is 5.78 Å². The molecule has 0 aromatic rings. The van der Waals surface area contributed by atoms with Gasteiger partial charge in [-0.1, -0.05) is 46.5 Å². The normalized spacial score (nSPS) is 15.1. The molecule has 0 aliphatic rings. The molecule has 1 nitrogen and oxygen atoms in total. The van der Waals surface area contributed by atoms with Crippen molar-refractivity contribution in [2.45, 2.75) is 66.2 Å². The number of carbonyl (C=O) groups excluding carboxylic acids is 1. The highest BCUT2D eigenvalue weighted by molar-refractivity contribution is 5.75. The van der Waals surface area contributed by atoms with E-state index in [1.165, 1.54) is 25.7 Å². The van der Waals surface area contributed by atoms with Crippen molar-refractivity contribution in [3.05, 3.63) is 0 Å². The third-order valence-corrected chi connectivity index (χ3v) is 3.24. The zero-order valence-electron chi connectivity index (χ0n) is 10.3. The van der Waals surface area contributed by atoms with Crippen LogP contribution < -0.4 is 0 Å². The first-order valence-corrected chi connectivity index (χ1v) is 6.11. The van der Waals surface area contributed by atoms with E-state index in [1.54, 1.807) is 6.92 Å². The van der Waals surface area contributed by atoms with Crippen LogP contribution in [-0.4, -0.2) is 5.78 Å². The summed E-state index contributed by atoms with van der Waals surface area (Å²) in [5, 5.41) is 0. The Kier molecular flexibility index (Phi) is 7.83. The molecule has 14 heavy (non-hydrogen) atoms. The molecule has 0 N–H and O–H groups in total. The van der Waals surface area contributed by atoms with Crippen LogP contribution in [0.1, 0.15) is 66.2 Å². The van der Waals surface area contributed by atoms with E-state index in [2.05, 4.69) is 20.8 Å². The third-order valence-electron chi connectivity index (χ3n) is 3.24. The van der Waals surface area contributed by atoms with Crippen LogP contribution in [0.25, 0.3) is 0 Å². The highest BCUT2D eigenvalue weighted by Gasteiger charge is 2.15. The maximum atomic E-state index is 10.9. The zero-order valence-corrected chi connectivity index (χ0v) is 10.3. The summed E-state index contributed by atoms with van der Waals surface area (Å²) in [5.74, 6) is 1.89. The van der Waals surface area contributed by atoms with Gasteiger partial charge >= 0.3 is 0 Å². The standard InChI is InChI=1S/C13H26O/c1-5-7-8-13(11(3)6-2)10-9-12(4)14/h11,13H,5-10H2,1-4H3. The minimum atomic E-state index is 0.342. The molecule has 0 aromatic heterocycles. The molecule has 0 aliphatic carbocycles. The first-order chi connectivity index (χ1) is 6.61. The van der Waals surface area contributed by atoms with Crippen molar-refractivity contribution >= 4 is 5.78 Å². The second-order valence-corrected chi connectivity index (χ2v) is 4.53. The summed E-state index contributed by atoms with van der Waals surface area (Å²) in [6.07, 6.45) is 7.01. The highest BCUT2D eigenvalue weighted by atomic mass is 16.1. The van der Waals surface area contributed by atoms with Crippen molar-refractivity contribution in [2.75, 3.05) is 0 Å². The van der Waals surface area contributed by atoms with Crippen LogP contribution in [0.3, 0.4) is 0 Å². The molecule has 0 heterocycles. The minimum Gasteiger partial charge on any atom is -0.300 e. The number of Topliss-reactive ketones (excluding diaryl/α,β-unsaturated/α-hetero) is 1. The van der Waals surface area contributed by atoms with Crippen molar-refractivity contribution in [1.82, 2.24) is 0 Å². The number of unbranched alkanes of at least 4 members (excludes halogenated alkanes) is 1. The molecule has 0 rings (SSSR count). The lowest BCUT2D eigenvalue weighted by molar-refractivity contribution is -0.117. The van der Waals surface area contributed by atoms with Crippen LogP contribution in [0.4, 0.5) is 0 Å². The third kappa shape index (κ3) is 6.17. The largest absolute Gasteiger partial charge is 0.300 e. The SMILES string of the molecule is CCCCC(CCC(C)=O)C(C)CC. The van der Waals surface area contributed by atoms with E-state index in [1.807, 2.05) is 0 Å². The smallest absolute Gasteiger partial charge is 0.129 e. The fraction of sp³-hybridized carbons (Fsp3) is 0.923. The Morgan fingerprint density at radius 3 is 2.29 bits per heavy atom. The molecule has 0 saturated carbocycles. The summed E-state index contributed by atoms with van der Waals surface area (Å²) < 4.78 is 0. The van der Waals surface area contributed by atoms with Crippen molar-refractivity contribution in [1.29, 1.82) is 0 Å². The zero-order chi connectivity index (χ0) is 11.0. The number of carbonyl (C=O) groups is 1. The predicted octanol–water partition coefficient (Wildman–Crippen LogP) is 4.21. The van der Waals surface area contributed by atoms with Gasteiger partial charge in [-0.2, -0.15) is 0 Å². The summed E-state index contributed by atoms with van der Waals surface area (Å²) in [7, 11) is 0. The van der Waals surface area contributed by atoms with Gasteiger partial charge in [-0.3, -0.25) is 0 Å². The Balaban J connectivity index is 3.89. The molecular formula is C13H26O. The van der Waals surface area contributed by atoms with E-state index < -0.39 is 0 Å². The fourth-order valence-electron chi connectivity index (χ4n) is 1.90. The van der Waals surface area contributed by atoms with E-state index >= 15 is 0 Å². The lowest BCUT2D eigenvalue weighted by Crippen LogP contribution is -2.12. The van der Waals surface area contributed by atoms with Crippen LogP contribution in [0.15, 0.2) is 0 Å². The van der Waals surface area contributed by atoms with Gasteiger partial charge in [-0.15, -0.1) is 0 Å². The molecule has 84 valence electrons. The Labute approximate surface area is 89.3 Å². The van der Waals surface area contributed by atoms with Crippen molar-refractivity contribution < 1.29 is 4.79 Å². The molecule has 0 radical (unpaired) electrons. The predicted molar refractivity (Wildman–Crippen MR) is 62.4 cm³/mol. The van der Waals surface area contributed by atoms with Gasteiger partial charge in [0, 0.05) is 6.42 Å². The lowest BCUT2D eigenvalue weighted by atomic mass is 9.84. The molecule has 1 heteroatoms. The molecule has 0 aliphatic heterocycles. The van der Waals surface area contributed by atoms with Crippen LogP contribution >= 0.6 is 0 Å². The van der Waals surface area contributed by atoms with Gasteiger partial charge in [0.2, 0.25) is 0 Å². The monoisotopic (exact) mass is 198 g/mol. The fourth-order valence-corrected chi connectivity index (χ4v) is 1.90. The topological polar surface area (TPSA) is 17.1 Å². The number of ketones is 1. The van der Waals surface area contributed by atoms with Crippen LogP contribution in [0, 0.1) is 11.8 Å². The summed E-state index contributed by atoms with van der Waals surface area (Å²) in [6.45, 7) is 8.50. The van der Waals surface area contributed by atoms with Gasteiger partial charge in [-0.25, -0.2) is 0 Å². The van der Waals surface area contributed by atoms with Crippen molar-refractivity contribution in [3.8, 4) is 0 Å². The first-order valence-electron chi connectivity index (χ1n) is 6.11. The maximum Gasteiger partial charge on any atom is 0.129 e. The molecule has 2 atom stereocenters. The van der Waals surface area contributed by atoms with Gasteiger partial charge in [0.05, 0.1) is 0 Å². The summed E-state index contributed by atoms with van der Waals surface area (Å²) in [4.78, 5) is 10.9. The van der Waals surface area contributed by atoms with E-state index in [0.717, 1.165) is 24.7 Å². The van der Waals surface area contributed by atoms with Gasteiger partial charge < -0.3 is 4.79 Å². The van der Waals surface area contributed by atoms with E-state index in [-0.39, 0.29) is 0 Å². The van der Waals surface area contributed by atoms with Crippen molar-refractivity contribution in [3.63, 3.8) is 0 Å². The van der Waals surface area contributed by atoms with Crippen molar-refractivity contribution in [2.24, 2.45) is 11.8 Å². The molecule has 0 bridgehead atoms. The molecule has 0 aromatic carbocycles. The highest BCUT2D eigenvalue weighted by Crippen LogP contribution is 2.25. The van der Waals surface area contributed by atoms with Gasteiger partial charge in [0.25, 0.3) is 0 Å². The first kappa shape index (κ1) is 13.7. The molecule has 2 unspecified atom stereocenters. The minimum absolute atomic E-state index is 0.342. The quantitative estimate of drug-likeness (QED) is 0.571. The number of rotatable bonds is 8. The molecule has 0 saturated heterocycles. The van der Waals surface area contributed by atoms with Gasteiger partial charge in [0.15, 0.2) is 0 Å². The summed E-state index contributed by atoms with van der Waals surface area (Å²) in [5.41, 5.74) is 0. The second-order valence-electron chi connectivity index (χ2n) is 4.53. The van der Waals surface area contributed by atoms with Gasteiger partial charge in [-0.05, 0) is 25.2 Å². The molecule has 0 amide bonds. The maximum absolute atomic E-state index is 10.9. The Morgan fingerprint density at radius 1 is 1.21 bits per heavy atom. The van der Waals surface area contributed by atoms with E-state index in [0.29, 0.717) is 5.78 Å². The Hall–Kier alpha value is -0.330. The number of hydrogen-bond acceptors (Lipinski definition) is 1. The van der Waals surface area contributed by atoms with Crippen LogP contribution in [0.2, 0.25) is 0 Å². The molecule has 0 spiro atoms. The van der Waals surface area contributed by atoms with E-state index in [4.69, 9.17) is 0 Å². The molecule has 0 fully saturated rings. The van der Waals surface area contributed by atoms with Crippen LogP contribution in [0.5, 0.6) is 0 Å². The average molecular weight is 198 g/mol. The lowest BCUT2D eigenvalue weighted by Gasteiger charge is -2.22. The summed E-state index contributed by atoms with van der Waals surface area (Å²) >= 11 is 0.